The lowest BCUT2D eigenvalue weighted by molar-refractivity contribution is 0.0723. The summed E-state index contributed by atoms with van der Waals surface area (Å²) in [4.78, 5) is 11.5. The summed E-state index contributed by atoms with van der Waals surface area (Å²) in [5.41, 5.74) is 0.525. The SMILES string of the molecule is CNC(=O)c1ccc(OCc2ccc(S(=O)(=O)N3CCOCC3)o2)cc1. The minimum absolute atomic E-state index is 0.0813. The Morgan fingerprint density at radius 2 is 1.85 bits per heavy atom. The summed E-state index contributed by atoms with van der Waals surface area (Å²) in [6.45, 7) is 1.46. The van der Waals surface area contributed by atoms with Crippen molar-refractivity contribution in [1.82, 2.24) is 9.62 Å². The van der Waals surface area contributed by atoms with Gasteiger partial charge in [0.1, 0.15) is 18.1 Å². The third-order valence-corrected chi connectivity index (χ3v) is 5.70. The number of nitrogens with one attached hydrogen (secondary N) is 1. The van der Waals surface area contributed by atoms with E-state index in [9.17, 15) is 13.2 Å². The molecule has 8 nitrogen and oxygen atoms in total. The number of carbonyl (C=O) groups excluding carboxylic acids is 1. The fraction of sp³-hybridized carbons (Fsp3) is 0.353. The number of carbonyl (C=O) groups is 1. The Morgan fingerprint density at radius 3 is 2.50 bits per heavy atom. The first-order chi connectivity index (χ1) is 12.5. The smallest absolute Gasteiger partial charge is 0.276 e. The van der Waals surface area contributed by atoms with E-state index in [2.05, 4.69) is 5.32 Å². The van der Waals surface area contributed by atoms with Gasteiger partial charge in [-0.3, -0.25) is 4.79 Å². The predicted octanol–water partition coefficient (Wildman–Crippen LogP) is 1.24. The van der Waals surface area contributed by atoms with Gasteiger partial charge < -0.3 is 19.2 Å². The van der Waals surface area contributed by atoms with Crippen molar-refractivity contribution >= 4 is 15.9 Å². The minimum Gasteiger partial charge on any atom is -0.486 e. The number of hydrogen-bond donors (Lipinski definition) is 1. The molecule has 2 heterocycles. The van der Waals surface area contributed by atoms with Crippen molar-refractivity contribution in [3.8, 4) is 5.75 Å². The highest BCUT2D eigenvalue weighted by atomic mass is 32.2. The molecule has 2 aromatic rings. The van der Waals surface area contributed by atoms with Crippen LogP contribution in [0.15, 0.2) is 45.9 Å². The second kappa shape index (κ2) is 7.90. The highest BCUT2D eigenvalue weighted by Gasteiger charge is 2.29. The molecule has 1 fully saturated rings. The Hall–Kier alpha value is -2.36. The summed E-state index contributed by atoms with van der Waals surface area (Å²) in [6.07, 6.45) is 0. The molecule has 1 aliphatic heterocycles. The second-order valence-corrected chi connectivity index (χ2v) is 7.50. The van der Waals surface area contributed by atoms with E-state index in [1.54, 1.807) is 37.4 Å². The molecule has 0 saturated carbocycles. The van der Waals surface area contributed by atoms with E-state index in [1.165, 1.54) is 10.4 Å². The fourth-order valence-electron chi connectivity index (χ4n) is 2.49. The molecular weight excluding hydrogens is 360 g/mol. The van der Waals surface area contributed by atoms with Crippen LogP contribution in [0.4, 0.5) is 0 Å². The van der Waals surface area contributed by atoms with Crippen molar-refractivity contribution < 1.29 is 27.1 Å². The Balaban J connectivity index is 1.62. The highest BCUT2D eigenvalue weighted by molar-refractivity contribution is 7.89. The molecule has 0 bridgehead atoms. The third-order valence-electron chi connectivity index (χ3n) is 3.93. The molecule has 0 unspecified atom stereocenters. The maximum atomic E-state index is 12.5. The summed E-state index contributed by atoms with van der Waals surface area (Å²) in [6, 6.07) is 9.62. The van der Waals surface area contributed by atoms with Crippen molar-refractivity contribution in [1.29, 1.82) is 0 Å². The second-order valence-electron chi connectivity index (χ2n) is 5.63. The zero-order chi connectivity index (χ0) is 18.6. The van der Waals surface area contributed by atoms with Crippen LogP contribution < -0.4 is 10.1 Å². The van der Waals surface area contributed by atoms with E-state index in [0.717, 1.165) is 0 Å². The molecule has 1 saturated heterocycles. The van der Waals surface area contributed by atoms with Crippen LogP contribution in [0.5, 0.6) is 5.75 Å². The zero-order valence-corrected chi connectivity index (χ0v) is 15.1. The molecule has 1 amide bonds. The summed E-state index contributed by atoms with van der Waals surface area (Å²) < 4.78 is 42.5. The first kappa shape index (κ1) is 18.4. The average molecular weight is 380 g/mol. The number of rotatable bonds is 6. The number of hydrogen-bond acceptors (Lipinski definition) is 6. The van der Waals surface area contributed by atoms with Gasteiger partial charge in [0.05, 0.1) is 13.2 Å². The van der Waals surface area contributed by atoms with Crippen LogP contribution in [0.2, 0.25) is 0 Å². The molecule has 0 radical (unpaired) electrons. The van der Waals surface area contributed by atoms with E-state index < -0.39 is 10.0 Å². The van der Waals surface area contributed by atoms with Gasteiger partial charge in [0.25, 0.3) is 15.9 Å². The van der Waals surface area contributed by atoms with Gasteiger partial charge in [0.2, 0.25) is 5.09 Å². The maximum absolute atomic E-state index is 12.5. The van der Waals surface area contributed by atoms with Crippen LogP contribution in [0.25, 0.3) is 0 Å². The molecule has 0 spiro atoms. The van der Waals surface area contributed by atoms with Gasteiger partial charge in [-0.2, -0.15) is 4.31 Å². The largest absolute Gasteiger partial charge is 0.486 e. The maximum Gasteiger partial charge on any atom is 0.276 e. The first-order valence-corrected chi connectivity index (χ1v) is 9.56. The van der Waals surface area contributed by atoms with Crippen molar-refractivity contribution in [2.75, 3.05) is 33.4 Å². The fourth-order valence-corrected chi connectivity index (χ4v) is 3.83. The number of ether oxygens (including phenoxy) is 2. The monoisotopic (exact) mass is 380 g/mol. The van der Waals surface area contributed by atoms with Gasteiger partial charge in [-0.1, -0.05) is 0 Å². The van der Waals surface area contributed by atoms with E-state index in [0.29, 0.717) is 43.4 Å². The standard InChI is InChI=1S/C17H20N2O6S/c1-18-17(20)13-2-4-14(5-3-13)24-12-15-6-7-16(25-15)26(21,22)19-8-10-23-11-9-19/h2-7H,8-12H2,1H3,(H,18,20). The van der Waals surface area contributed by atoms with E-state index in [4.69, 9.17) is 13.9 Å². The molecule has 140 valence electrons. The lowest BCUT2D eigenvalue weighted by Crippen LogP contribution is -2.40. The summed E-state index contributed by atoms with van der Waals surface area (Å²) in [5.74, 6) is 0.763. The van der Waals surface area contributed by atoms with Crippen molar-refractivity contribution in [3.63, 3.8) is 0 Å². The molecular formula is C17H20N2O6S. The molecule has 3 rings (SSSR count). The number of morpholine rings is 1. The van der Waals surface area contributed by atoms with Crippen LogP contribution in [0.3, 0.4) is 0 Å². The molecule has 1 aromatic heterocycles. The molecule has 1 aliphatic rings. The van der Waals surface area contributed by atoms with Crippen LogP contribution in [-0.2, 0) is 21.4 Å². The van der Waals surface area contributed by atoms with Crippen LogP contribution in [0, 0.1) is 0 Å². The van der Waals surface area contributed by atoms with Gasteiger partial charge in [-0.05, 0) is 36.4 Å². The summed E-state index contributed by atoms with van der Waals surface area (Å²) in [5, 5.41) is 2.44. The van der Waals surface area contributed by atoms with Gasteiger partial charge in [-0.15, -0.1) is 0 Å². The average Bonchev–Trinajstić information content (AvgIpc) is 3.17. The Kier molecular flexibility index (Phi) is 5.60. The van der Waals surface area contributed by atoms with Gasteiger partial charge in [0, 0.05) is 25.7 Å². The molecule has 9 heteroatoms. The molecule has 1 N–H and O–H groups in total. The van der Waals surface area contributed by atoms with Crippen molar-refractivity contribution in [3.05, 3.63) is 47.7 Å². The number of amides is 1. The van der Waals surface area contributed by atoms with E-state index in [1.807, 2.05) is 0 Å². The van der Waals surface area contributed by atoms with Crippen LogP contribution in [0.1, 0.15) is 16.1 Å². The minimum atomic E-state index is -3.66. The zero-order valence-electron chi connectivity index (χ0n) is 14.3. The lowest BCUT2D eigenvalue weighted by Gasteiger charge is -2.24. The highest BCUT2D eigenvalue weighted by Crippen LogP contribution is 2.21. The quantitative estimate of drug-likeness (QED) is 0.810. The Morgan fingerprint density at radius 1 is 1.15 bits per heavy atom. The van der Waals surface area contributed by atoms with Gasteiger partial charge >= 0.3 is 0 Å². The van der Waals surface area contributed by atoms with Gasteiger partial charge in [-0.25, -0.2) is 8.42 Å². The molecule has 0 atom stereocenters. The Bertz CT molecular complexity index is 854. The van der Waals surface area contributed by atoms with Crippen molar-refractivity contribution in [2.24, 2.45) is 0 Å². The van der Waals surface area contributed by atoms with Gasteiger partial charge in [0.15, 0.2) is 0 Å². The normalized spacial score (nSPS) is 15.6. The predicted molar refractivity (Wildman–Crippen MR) is 92.5 cm³/mol. The Labute approximate surface area is 151 Å². The van der Waals surface area contributed by atoms with E-state index in [-0.39, 0.29) is 17.6 Å². The first-order valence-electron chi connectivity index (χ1n) is 8.12. The number of furan rings is 1. The molecule has 0 aliphatic carbocycles. The van der Waals surface area contributed by atoms with Crippen molar-refractivity contribution in [2.45, 2.75) is 11.7 Å². The number of nitrogens with zero attached hydrogens (tertiary/aromatic N) is 1. The number of sulfonamides is 1. The summed E-state index contributed by atoms with van der Waals surface area (Å²) >= 11 is 0. The topological polar surface area (TPSA) is 98.1 Å². The third kappa shape index (κ3) is 4.06. The lowest BCUT2D eigenvalue weighted by atomic mass is 10.2. The molecule has 26 heavy (non-hydrogen) atoms. The van der Waals surface area contributed by atoms with Crippen LogP contribution >= 0.6 is 0 Å². The van der Waals surface area contributed by atoms with E-state index >= 15 is 0 Å². The van der Waals surface area contributed by atoms with Crippen LogP contribution in [-0.4, -0.2) is 52.0 Å². The molecule has 1 aromatic carbocycles. The number of benzene rings is 1. The summed E-state index contributed by atoms with van der Waals surface area (Å²) in [7, 11) is -2.09.